The lowest BCUT2D eigenvalue weighted by Crippen LogP contribution is -2.15. The zero-order chi connectivity index (χ0) is 11.7. The van der Waals surface area contributed by atoms with Gasteiger partial charge < -0.3 is 5.32 Å². The smallest absolute Gasteiger partial charge is 0.120 e. The quantitative estimate of drug-likeness (QED) is 0.817. The standard InChI is InChI=1S/C13H21N3S/c1-2-14-6-5-12-15-16-13(17-12)11-8-9-3-4-10(11)7-9/h9-11,14H,2-8H2,1H3. The molecule has 0 aliphatic heterocycles. The maximum absolute atomic E-state index is 4.44. The van der Waals surface area contributed by atoms with E-state index in [1.54, 1.807) is 0 Å². The normalized spacial score (nSPS) is 31.2. The fraction of sp³-hybridized carbons (Fsp3) is 0.846. The molecular formula is C13H21N3S. The SMILES string of the molecule is CCNCCc1nnc(C2CC3CCC2C3)s1. The first kappa shape index (κ1) is 11.6. The van der Waals surface area contributed by atoms with E-state index < -0.39 is 0 Å². The number of nitrogens with one attached hydrogen (secondary N) is 1. The number of hydrogen-bond acceptors (Lipinski definition) is 4. The molecule has 0 radical (unpaired) electrons. The van der Waals surface area contributed by atoms with Crippen LogP contribution in [0.4, 0.5) is 0 Å². The van der Waals surface area contributed by atoms with Crippen molar-refractivity contribution in [2.45, 2.75) is 44.9 Å². The van der Waals surface area contributed by atoms with Gasteiger partial charge in [-0.1, -0.05) is 13.3 Å². The molecule has 1 heterocycles. The average molecular weight is 251 g/mol. The van der Waals surface area contributed by atoms with Crippen LogP contribution in [0.15, 0.2) is 0 Å². The second-order valence-corrected chi connectivity index (χ2v) is 6.51. The Bertz CT molecular complexity index is 376. The molecule has 2 aliphatic carbocycles. The van der Waals surface area contributed by atoms with E-state index in [1.807, 2.05) is 11.3 Å². The van der Waals surface area contributed by atoms with E-state index in [4.69, 9.17) is 0 Å². The van der Waals surface area contributed by atoms with Crippen molar-refractivity contribution in [2.24, 2.45) is 11.8 Å². The second-order valence-electron chi connectivity index (χ2n) is 5.42. The molecule has 3 nitrogen and oxygen atoms in total. The van der Waals surface area contributed by atoms with Crippen LogP contribution in [0.2, 0.25) is 0 Å². The highest BCUT2D eigenvalue weighted by Crippen LogP contribution is 2.53. The summed E-state index contributed by atoms with van der Waals surface area (Å²) < 4.78 is 0. The Morgan fingerprint density at radius 1 is 1.29 bits per heavy atom. The van der Waals surface area contributed by atoms with E-state index in [0.29, 0.717) is 0 Å². The Morgan fingerprint density at radius 2 is 2.24 bits per heavy atom. The van der Waals surface area contributed by atoms with Gasteiger partial charge in [0.2, 0.25) is 0 Å². The van der Waals surface area contributed by atoms with Gasteiger partial charge in [-0.05, 0) is 37.6 Å². The molecule has 3 unspecified atom stereocenters. The van der Waals surface area contributed by atoms with Gasteiger partial charge in [-0.3, -0.25) is 0 Å². The molecule has 0 aromatic carbocycles. The van der Waals surface area contributed by atoms with Crippen LogP contribution in [0.25, 0.3) is 0 Å². The summed E-state index contributed by atoms with van der Waals surface area (Å²) in [4.78, 5) is 0. The van der Waals surface area contributed by atoms with Crippen molar-refractivity contribution >= 4 is 11.3 Å². The summed E-state index contributed by atoms with van der Waals surface area (Å²) in [6, 6.07) is 0. The predicted molar refractivity (Wildman–Crippen MR) is 70.3 cm³/mol. The van der Waals surface area contributed by atoms with E-state index >= 15 is 0 Å². The molecule has 17 heavy (non-hydrogen) atoms. The van der Waals surface area contributed by atoms with Crippen LogP contribution in [0.5, 0.6) is 0 Å². The molecule has 0 spiro atoms. The highest BCUT2D eigenvalue weighted by atomic mass is 32.1. The van der Waals surface area contributed by atoms with Crippen molar-refractivity contribution < 1.29 is 0 Å². The number of likely N-dealkylation sites (N-methyl/N-ethyl adjacent to an activating group) is 1. The third-order valence-electron chi connectivity index (χ3n) is 4.30. The lowest BCUT2D eigenvalue weighted by atomic mass is 9.89. The van der Waals surface area contributed by atoms with Crippen molar-refractivity contribution in [1.29, 1.82) is 0 Å². The third-order valence-corrected chi connectivity index (χ3v) is 5.42. The molecule has 3 rings (SSSR count). The van der Waals surface area contributed by atoms with Crippen LogP contribution in [-0.4, -0.2) is 23.3 Å². The minimum Gasteiger partial charge on any atom is -0.317 e. The highest BCUT2D eigenvalue weighted by molar-refractivity contribution is 7.11. The third kappa shape index (κ3) is 2.38. The summed E-state index contributed by atoms with van der Waals surface area (Å²) in [6.07, 6.45) is 6.77. The molecule has 0 amide bonds. The van der Waals surface area contributed by atoms with Crippen molar-refractivity contribution in [3.63, 3.8) is 0 Å². The number of hydrogen-bond donors (Lipinski definition) is 1. The molecule has 4 heteroatoms. The van der Waals surface area contributed by atoms with Gasteiger partial charge in [0.15, 0.2) is 0 Å². The Morgan fingerprint density at radius 3 is 2.94 bits per heavy atom. The van der Waals surface area contributed by atoms with Gasteiger partial charge in [0.25, 0.3) is 0 Å². The van der Waals surface area contributed by atoms with Gasteiger partial charge in [-0.2, -0.15) is 0 Å². The molecule has 94 valence electrons. The van der Waals surface area contributed by atoms with Crippen molar-refractivity contribution in [2.75, 3.05) is 13.1 Å². The molecule has 2 fully saturated rings. The fourth-order valence-electron chi connectivity index (χ4n) is 3.44. The van der Waals surface area contributed by atoms with Gasteiger partial charge in [-0.15, -0.1) is 21.5 Å². The largest absolute Gasteiger partial charge is 0.317 e. The number of fused-ring (bicyclic) bond motifs is 2. The molecule has 0 saturated heterocycles. The molecule has 2 bridgehead atoms. The molecule has 3 atom stereocenters. The first-order chi connectivity index (χ1) is 8.36. The summed E-state index contributed by atoms with van der Waals surface area (Å²) >= 11 is 1.86. The van der Waals surface area contributed by atoms with Crippen LogP contribution in [-0.2, 0) is 6.42 Å². The van der Waals surface area contributed by atoms with E-state index in [1.165, 1.54) is 35.7 Å². The van der Waals surface area contributed by atoms with Crippen molar-refractivity contribution in [3.8, 4) is 0 Å². The van der Waals surface area contributed by atoms with E-state index in [-0.39, 0.29) is 0 Å². The maximum atomic E-state index is 4.44. The Hall–Kier alpha value is -0.480. The van der Waals surface area contributed by atoms with E-state index in [0.717, 1.165) is 37.3 Å². The van der Waals surface area contributed by atoms with Crippen LogP contribution in [0, 0.1) is 11.8 Å². The predicted octanol–water partition coefficient (Wildman–Crippen LogP) is 2.59. The Labute approximate surface area is 107 Å². The van der Waals surface area contributed by atoms with Crippen LogP contribution < -0.4 is 5.32 Å². The molecule has 2 saturated carbocycles. The lowest BCUT2D eigenvalue weighted by molar-refractivity contribution is 0.417. The maximum Gasteiger partial charge on any atom is 0.120 e. The van der Waals surface area contributed by atoms with Gasteiger partial charge in [0, 0.05) is 18.9 Å². The molecular weight excluding hydrogens is 230 g/mol. The molecule has 1 N–H and O–H groups in total. The topological polar surface area (TPSA) is 37.8 Å². The first-order valence-electron chi connectivity index (χ1n) is 6.89. The van der Waals surface area contributed by atoms with Crippen LogP contribution in [0.3, 0.4) is 0 Å². The monoisotopic (exact) mass is 251 g/mol. The number of nitrogens with zero attached hydrogens (tertiary/aromatic N) is 2. The average Bonchev–Trinajstić information content (AvgIpc) is 3.04. The second kappa shape index (κ2) is 5.02. The Balaban J connectivity index is 1.60. The first-order valence-corrected chi connectivity index (χ1v) is 7.71. The summed E-state index contributed by atoms with van der Waals surface area (Å²) in [5.74, 6) is 2.67. The van der Waals surface area contributed by atoms with Gasteiger partial charge in [0.05, 0.1) is 0 Å². The minimum atomic E-state index is 0.749. The van der Waals surface area contributed by atoms with E-state index in [2.05, 4.69) is 22.4 Å². The van der Waals surface area contributed by atoms with Crippen LogP contribution >= 0.6 is 11.3 Å². The summed E-state index contributed by atoms with van der Waals surface area (Å²) in [5.41, 5.74) is 0. The summed E-state index contributed by atoms with van der Waals surface area (Å²) in [6.45, 7) is 4.21. The van der Waals surface area contributed by atoms with Gasteiger partial charge in [-0.25, -0.2) is 0 Å². The van der Waals surface area contributed by atoms with E-state index in [9.17, 15) is 0 Å². The van der Waals surface area contributed by atoms with Crippen molar-refractivity contribution in [3.05, 3.63) is 10.0 Å². The fourth-order valence-corrected chi connectivity index (χ4v) is 4.49. The molecule has 1 aromatic rings. The lowest BCUT2D eigenvalue weighted by Gasteiger charge is -2.18. The summed E-state index contributed by atoms with van der Waals surface area (Å²) in [7, 11) is 0. The highest BCUT2D eigenvalue weighted by Gasteiger charge is 2.41. The van der Waals surface area contributed by atoms with Gasteiger partial charge in [0.1, 0.15) is 10.0 Å². The number of aromatic nitrogens is 2. The minimum absolute atomic E-state index is 0.749. The molecule has 1 aromatic heterocycles. The zero-order valence-corrected chi connectivity index (χ0v) is 11.3. The Kier molecular flexibility index (Phi) is 3.43. The van der Waals surface area contributed by atoms with Crippen molar-refractivity contribution in [1.82, 2.24) is 15.5 Å². The number of rotatable bonds is 5. The van der Waals surface area contributed by atoms with Gasteiger partial charge >= 0.3 is 0 Å². The molecule has 2 aliphatic rings. The zero-order valence-electron chi connectivity index (χ0n) is 10.5. The van der Waals surface area contributed by atoms with Crippen LogP contribution in [0.1, 0.15) is 48.5 Å². The summed E-state index contributed by atoms with van der Waals surface area (Å²) in [5, 5.41) is 14.7.